The molecule has 7 rings (SSSR count). The molecule has 2 bridgehead atoms. The van der Waals surface area contributed by atoms with Gasteiger partial charge in [0.25, 0.3) is 0 Å². The molecule has 0 radical (unpaired) electrons. The number of nitrogens with zero attached hydrogens (tertiary/aromatic N) is 4. The van der Waals surface area contributed by atoms with Crippen molar-refractivity contribution in [2.24, 2.45) is 5.92 Å². The predicted molar refractivity (Wildman–Crippen MR) is 110 cm³/mol. The predicted octanol–water partition coefficient (Wildman–Crippen LogP) is 4.08. The number of ether oxygens (including phenoxy) is 1. The van der Waals surface area contributed by atoms with Crippen LogP contribution in [-0.4, -0.2) is 48.5 Å². The number of amides is 1. The molecule has 3 heterocycles. The number of anilines is 2. The Balaban J connectivity index is 1.14. The number of carbonyl (C=O) groups excluding carboxylic acids is 1. The van der Waals surface area contributed by atoms with Gasteiger partial charge in [-0.3, -0.25) is 9.50 Å². The van der Waals surface area contributed by atoms with Crippen LogP contribution >= 0.6 is 0 Å². The number of hydrogen-bond acceptors (Lipinski definition) is 6. The summed E-state index contributed by atoms with van der Waals surface area (Å²) in [5, 5.41) is 12.4. The second kappa shape index (κ2) is 7.31. The number of H-pyrrole nitrogens is 1. The first-order chi connectivity index (χ1) is 16.2. The highest BCUT2D eigenvalue weighted by atomic mass is 19.4. The summed E-state index contributed by atoms with van der Waals surface area (Å²) in [5.74, 6) is 0.160. The minimum absolute atomic E-state index is 0.0670. The van der Waals surface area contributed by atoms with Crippen LogP contribution in [-0.2, 0) is 10.9 Å². The highest BCUT2D eigenvalue weighted by Gasteiger charge is 2.58. The van der Waals surface area contributed by atoms with Crippen molar-refractivity contribution >= 4 is 23.5 Å². The maximum atomic E-state index is 15.1. The molecule has 0 spiro atoms. The first kappa shape index (κ1) is 21.2. The quantitative estimate of drug-likeness (QED) is 0.476. The number of alkyl carbamates (subject to hydrolysis) is 1. The first-order valence-corrected chi connectivity index (χ1v) is 11.1. The van der Waals surface area contributed by atoms with E-state index in [9.17, 15) is 18.0 Å². The Morgan fingerprint density at radius 3 is 2.74 bits per heavy atom. The lowest BCUT2D eigenvalue weighted by atomic mass is 9.50. The van der Waals surface area contributed by atoms with Gasteiger partial charge in [-0.2, -0.15) is 18.3 Å². The van der Waals surface area contributed by atoms with Crippen molar-refractivity contribution in [2.75, 3.05) is 5.32 Å². The van der Waals surface area contributed by atoms with Gasteiger partial charge in [-0.25, -0.2) is 19.2 Å². The monoisotopic (exact) mass is 479 g/mol. The number of rotatable bonds is 5. The number of nitrogens with one attached hydrogen (secondary N) is 3. The molecule has 9 nitrogen and oxygen atoms in total. The third-order valence-corrected chi connectivity index (χ3v) is 7.08. The van der Waals surface area contributed by atoms with Crippen LogP contribution in [0.3, 0.4) is 0 Å². The fraction of sp³-hybridized carbons (Fsp3) is 0.524. The highest BCUT2D eigenvalue weighted by Crippen LogP contribution is 2.57. The van der Waals surface area contributed by atoms with Gasteiger partial charge in [0.05, 0.1) is 0 Å². The molecule has 3 aromatic rings. The average molecular weight is 479 g/mol. The zero-order chi connectivity index (χ0) is 23.7. The Labute approximate surface area is 190 Å². The van der Waals surface area contributed by atoms with E-state index in [-0.39, 0.29) is 23.0 Å². The van der Waals surface area contributed by atoms with Crippen LogP contribution in [0.25, 0.3) is 5.65 Å². The van der Waals surface area contributed by atoms with Crippen molar-refractivity contribution in [1.29, 1.82) is 0 Å². The van der Waals surface area contributed by atoms with Crippen LogP contribution < -0.4 is 10.6 Å². The molecule has 0 unspecified atom stereocenters. The molecular formula is C21H21F4N7O2. The number of fused-ring (bicyclic) bond motifs is 1. The summed E-state index contributed by atoms with van der Waals surface area (Å²) >= 11 is 0. The average Bonchev–Trinajstić information content (AvgIpc) is 3.44. The molecule has 4 aliphatic carbocycles. The summed E-state index contributed by atoms with van der Waals surface area (Å²) in [6.45, 7) is 0. The van der Waals surface area contributed by atoms with Gasteiger partial charge in [0.1, 0.15) is 17.9 Å². The molecule has 4 fully saturated rings. The lowest BCUT2D eigenvalue weighted by Gasteiger charge is -2.61. The van der Waals surface area contributed by atoms with Crippen LogP contribution in [0.5, 0.6) is 0 Å². The fourth-order valence-electron chi connectivity index (χ4n) is 5.25. The summed E-state index contributed by atoms with van der Waals surface area (Å²) < 4.78 is 61.4. The summed E-state index contributed by atoms with van der Waals surface area (Å²) in [6, 6.07) is 2.36. The van der Waals surface area contributed by atoms with Crippen molar-refractivity contribution in [1.82, 2.24) is 29.9 Å². The number of hydrogen-bond donors (Lipinski definition) is 3. The Bertz CT molecular complexity index is 1240. The second-order valence-electron chi connectivity index (χ2n) is 9.41. The van der Waals surface area contributed by atoms with Crippen LogP contribution in [0.1, 0.15) is 49.4 Å². The number of carbonyl (C=O) groups is 1. The van der Waals surface area contributed by atoms with Crippen LogP contribution in [0.4, 0.5) is 34.1 Å². The molecule has 34 heavy (non-hydrogen) atoms. The maximum absolute atomic E-state index is 15.1. The maximum Gasteiger partial charge on any atom is 0.433 e. The van der Waals surface area contributed by atoms with E-state index in [1.165, 1.54) is 22.9 Å². The van der Waals surface area contributed by atoms with E-state index in [1.54, 1.807) is 0 Å². The largest absolute Gasteiger partial charge is 0.443 e. The summed E-state index contributed by atoms with van der Waals surface area (Å²) in [5.41, 5.74) is -0.721. The zero-order valence-corrected chi connectivity index (χ0v) is 17.8. The number of imidazole rings is 1. The van der Waals surface area contributed by atoms with Gasteiger partial charge in [0.15, 0.2) is 11.5 Å². The Kier molecular flexibility index (Phi) is 4.55. The minimum atomic E-state index is -4.65. The molecule has 1 amide bonds. The van der Waals surface area contributed by atoms with Crippen LogP contribution in [0.15, 0.2) is 24.5 Å². The number of aromatic nitrogens is 5. The van der Waals surface area contributed by atoms with E-state index in [1.807, 2.05) is 0 Å². The zero-order valence-electron chi connectivity index (χ0n) is 17.8. The molecule has 180 valence electrons. The summed E-state index contributed by atoms with van der Waals surface area (Å²) in [4.78, 5) is 19.7. The number of aromatic amines is 1. The van der Waals surface area contributed by atoms with Crippen molar-refractivity contribution in [2.45, 2.75) is 62.0 Å². The van der Waals surface area contributed by atoms with E-state index in [0.29, 0.717) is 24.5 Å². The Hall–Kier alpha value is -3.38. The van der Waals surface area contributed by atoms with Gasteiger partial charge in [-0.05, 0) is 38.0 Å². The van der Waals surface area contributed by atoms with Gasteiger partial charge in [0, 0.05) is 41.7 Å². The van der Waals surface area contributed by atoms with Crippen molar-refractivity contribution < 1.29 is 27.1 Å². The van der Waals surface area contributed by atoms with E-state index in [0.717, 1.165) is 25.3 Å². The van der Waals surface area contributed by atoms with Crippen molar-refractivity contribution in [3.63, 3.8) is 0 Å². The van der Waals surface area contributed by atoms with Gasteiger partial charge < -0.3 is 15.4 Å². The van der Waals surface area contributed by atoms with Crippen LogP contribution in [0, 0.1) is 5.92 Å². The van der Waals surface area contributed by atoms with Gasteiger partial charge in [0.2, 0.25) is 5.95 Å². The molecule has 4 saturated carbocycles. The summed E-state index contributed by atoms with van der Waals surface area (Å²) in [7, 11) is 0. The topological polar surface area (TPSA) is 109 Å². The SMILES string of the molecule is O=C(NC12CC(C1)C2)O[C@@H]1CC[C@H](c2cc(Nc3nc(C(F)(F)F)cc4nccn34)n[nH]2)[C@H]1F. The Morgan fingerprint density at radius 1 is 1.24 bits per heavy atom. The number of alkyl halides is 4. The molecule has 0 saturated heterocycles. The van der Waals surface area contributed by atoms with E-state index >= 15 is 4.39 Å². The van der Waals surface area contributed by atoms with Crippen LogP contribution in [0.2, 0.25) is 0 Å². The van der Waals surface area contributed by atoms with Gasteiger partial charge in [-0.1, -0.05) is 0 Å². The molecule has 4 aliphatic rings. The minimum Gasteiger partial charge on any atom is -0.443 e. The highest BCUT2D eigenvalue weighted by molar-refractivity contribution is 5.69. The van der Waals surface area contributed by atoms with E-state index < -0.39 is 36.2 Å². The molecule has 0 aromatic carbocycles. The molecule has 13 heteroatoms. The van der Waals surface area contributed by atoms with Crippen molar-refractivity contribution in [3.05, 3.63) is 35.9 Å². The molecular weight excluding hydrogens is 458 g/mol. The van der Waals surface area contributed by atoms with Gasteiger partial charge >= 0.3 is 12.3 Å². The van der Waals surface area contributed by atoms with E-state index in [4.69, 9.17) is 4.74 Å². The molecule has 3 atom stereocenters. The first-order valence-electron chi connectivity index (χ1n) is 11.1. The Morgan fingerprint density at radius 2 is 2.03 bits per heavy atom. The number of halogens is 4. The van der Waals surface area contributed by atoms with Gasteiger partial charge in [-0.15, -0.1) is 0 Å². The fourth-order valence-corrected chi connectivity index (χ4v) is 5.25. The molecule has 3 N–H and O–H groups in total. The smallest absolute Gasteiger partial charge is 0.433 e. The lowest BCUT2D eigenvalue weighted by Crippen LogP contribution is -2.68. The third kappa shape index (κ3) is 3.53. The second-order valence-corrected chi connectivity index (χ2v) is 9.41. The molecule has 0 aliphatic heterocycles. The van der Waals surface area contributed by atoms with Crippen molar-refractivity contribution in [3.8, 4) is 0 Å². The molecule has 3 aromatic heterocycles. The normalized spacial score (nSPS) is 30.0. The van der Waals surface area contributed by atoms with E-state index in [2.05, 4.69) is 30.8 Å². The third-order valence-electron chi connectivity index (χ3n) is 7.08. The standard InChI is InChI=1S/C21H21F4N7O2/c22-17-11(1-2-13(17)34-19(33)29-20-7-10(8-20)9-20)12-5-15(31-30-12)28-18-27-14(21(23,24)25)6-16-26-3-4-32(16)18/h3-6,10-11,13,17H,1-2,7-9H2,(H,29,33)(H2,27,28,30,31)/t10?,11-,13-,17-,20?/m1/s1. The lowest BCUT2D eigenvalue weighted by molar-refractivity contribution is -0.141. The summed E-state index contributed by atoms with van der Waals surface area (Å²) in [6.07, 6.45) is -1.03.